The summed E-state index contributed by atoms with van der Waals surface area (Å²) >= 11 is 0. The molecule has 1 unspecified atom stereocenters. The van der Waals surface area contributed by atoms with E-state index >= 15 is 0 Å². The van der Waals surface area contributed by atoms with Gasteiger partial charge in [-0.3, -0.25) is 4.99 Å². The van der Waals surface area contributed by atoms with Gasteiger partial charge in [-0.15, -0.1) is 0 Å². The molecule has 0 aliphatic heterocycles. The number of hydrogen-bond donors (Lipinski definition) is 2. The van der Waals surface area contributed by atoms with Crippen LogP contribution in [0.15, 0.2) is 53.8 Å². The highest BCUT2D eigenvalue weighted by Gasteiger charge is 2.06. The molecular weight excluding hydrogens is 304 g/mol. The maximum Gasteiger partial charge on any atom is 0.191 e. The summed E-state index contributed by atoms with van der Waals surface area (Å²) in [6.45, 7) is 4.38. The molecule has 24 heavy (non-hydrogen) atoms. The second-order valence-electron chi connectivity index (χ2n) is 5.40. The van der Waals surface area contributed by atoms with Crippen molar-refractivity contribution in [1.82, 2.24) is 15.2 Å². The van der Waals surface area contributed by atoms with Gasteiger partial charge in [0.2, 0.25) is 0 Å². The van der Waals surface area contributed by atoms with Gasteiger partial charge in [-0.2, -0.15) is 0 Å². The summed E-state index contributed by atoms with van der Waals surface area (Å²) in [5.74, 6) is 2.41. The van der Waals surface area contributed by atoms with E-state index in [1.165, 1.54) is 0 Å². The predicted molar refractivity (Wildman–Crippen MR) is 96.9 cm³/mol. The van der Waals surface area contributed by atoms with E-state index in [1.54, 1.807) is 14.2 Å². The van der Waals surface area contributed by atoms with E-state index in [4.69, 9.17) is 9.47 Å². The van der Waals surface area contributed by atoms with Gasteiger partial charge in [0, 0.05) is 32.5 Å². The van der Waals surface area contributed by atoms with Crippen LogP contribution in [0.5, 0.6) is 11.5 Å². The summed E-state index contributed by atoms with van der Waals surface area (Å²) in [6, 6.07) is 11.6. The van der Waals surface area contributed by atoms with E-state index in [-0.39, 0.29) is 6.10 Å². The maximum absolute atomic E-state index is 5.87. The third-order valence-electron chi connectivity index (χ3n) is 3.51. The van der Waals surface area contributed by atoms with Gasteiger partial charge < -0.3 is 24.7 Å². The zero-order chi connectivity index (χ0) is 17.2. The summed E-state index contributed by atoms with van der Waals surface area (Å²) in [6.07, 6.45) is 4.10. The van der Waals surface area contributed by atoms with Crippen molar-refractivity contribution in [2.75, 3.05) is 27.2 Å². The van der Waals surface area contributed by atoms with Gasteiger partial charge in [0.05, 0.1) is 13.7 Å². The number of rotatable bonds is 8. The van der Waals surface area contributed by atoms with Crippen LogP contribution in [0.25, 0.3) is 0 Å². The first-order valence-electron chi connectivity index (χ1n) is 8.07. The number of guanidine groups is 1. The smallest absolute Gasteiger partial charge is 0.191 e. The number of hydrogen-bond acceptors (Lipinski definition) is 3. The predicted octanol–water partition coefficient (Wildman–Crippen LogP) is 2.13. The molecule has 2 aromatic rings. The number of aromatic nitrogens is 1. The van der Waals surface area contributed by atoms with Crippen LogP contribution in [-0.2, 0) is 6.54 Å². The number of methoxy groups -OCH3 is 1. The third-order valence-corrected chi connectivity index (χ3v) is 3.51. The molecule has 0 aliphatic rings. The molecule has 6 nitrogen and oxygen atoms in total. The number of benzene rings is 1. The lowest BCUT2D eigenvalue weighted by atomic mass is 10.3. The van der Waals surface area contributed by atoms with Crippen molar-refractivity contribution in [3.8, 4) is 11.5 Å². The van der Waals surface area contributed by atoms with Gasteiger partial charge in [-0.25, -0.2) is 0 Å². The van der Waals surface area contributed by atoms with E-state index in [0.29, 0.717) is 6.54 Å². The first-order valence-corrected chi connectivity index (χ1v) is 8.07. The van der Waals surface area contributed by atoms with Crippen molar-refractivity contribution >= 4 is 5.96 Å². The zero-order valence-corrected chi connectivity index (χ0v) is 14.5. The van der Waals surface area contributed by atoms with Gasteiger partial charge in [-0.1, -0.05) is 0 Å². The Bertz CT molecular complexity index is 608. The van der Waals surface area contributed by atoms with Crippen molar-refractivity contribution in [3.63, 3.8) is 0 Å². The standard InChI is InChI=1S/C18H26N4O2/c1-15(24-17-8-6-16(23-3)7-9-17)14-21-18(19-2)20-10-13-22-11-4-5-12-22/h4-9,11-12,15H,10,13-14H2,1-3H3,(H2,19,20,21). The molecule has 0 spiro atoms. The monoisotopic (exact) mass is 330 g/mol. The van der Waals surface area contributed by atoms with E-state index in [1.807, 2.05) is 55.7 Å². The van der Waals surface area contributed by atoms with Crippen molar-refractivity contribution in [2.24, 2.45) is 4.99 Å². The molecular formula is C18H26N4O2. The van der Waals surface area contributed by atoms with Crippen molar-refractivity contribution in [1.29, 1.82) is 0 Å². The maximum atomic E-state index is 5.87. The summed E-state index contributed by atoms with van der Waals surface area (Å²) in [4.78, 5) is 4.22. The van der Waals surface area contributed by atoms with Crippen LogP contribution in [-0.4, -0.2) is 43.9 Å². The van der Waals surface area contributed by atoms with E-state index in [0.717, 1.165) is 30.5 Å². The normalized spacial score (nSPS) is 12.5. The van der Waals surface area contributed by atoms with Crippen molar-refractivity contribution in [3.05, 3.63) is 48.8 Å². The molecule has 6 heteroatoms. The highest BCUT2D eigenvalue weighted by Crippen LogP contribution is 2.17. The molecule has 1 aromatic carbocycles. The Morgan fingerprint density at radius 3 is 2.42 bits per heavy atom. The Balaban J connectivity index is 1.69. The van der Waals surface area contributed by atoms with Gasteiger partial charge in [0.25, 0.3) is 0 Å². The molecule has 0 saturated heterocycles. The quantitative estimate of drug-likeness (QED) is 0.575. The van der Waals surface area contributed by atoms with Crippen LogP contribution < -0.4 is 20.1 Å². The molecule has 1 heterocycles. The minimum atomic E-state index is 0.0152. The van der Waals surface area contributed by atoms with Crippen molar-refractivity contribution in [2.45, 2.75) is 19.6 Å². The number of aliphatic imine (C=N–C) groups is 1. The van der Waals surface area contributed by atoms with E-state index in [9.17, 15) is 0 Å². The molecule has 0 amide bonds. The molecule has 0 radical (unpaired) electrons. The first-order chi connectivity index (χ1) is 11.7. The van der Waals surface area contributed by atoms with Crippen LogP contribution >= 0.6 is 0 Å². The van der Waals surface area contributed by atoms with E-state index in [2.05, 4.69) is 20.2 Å². The Morgan fingerprint density at radius 1 is 1.12 bits per heavy atom. The highest BCUT2D eigenvalue weighted by atomic mass is 16.5. The van der Waals surface area contributed by atoms with Gasteiger partial charge in [0.15, 0.2) is 5.96 Å². The fourth-order valence-electron chi connectivity index (χ4n) is 2.21. The topological polar surface area (TPSA) is 59.8 Å². The number of ether oxygens (including phenoxy) is 2. The highest BCUT2D eigenvalue weighted by molar-refractivity contribution is 5.79. The van der Waals surface area contributed by atoms with Crippen LogP contribution in [0, 0.1) is 0 Å². The fraction of sp³-hybridized carbons (Fsp3) is 0.389. The molecule has 0 fully saturated rings. The molecule has 1 aromatic heterocycles. The third kappa shape index (κ3) is 5.87. The summed E-state index contributed by atoms with van der Waals surface area (Å²) in [5, 5.41) is 6.56. The Labute approximate surface area is 143 Å². The SMILES string of the molecule is CN=C(NCCn1cccc1)NCC(C)Oc1ccc(OC)cc1. The molecule has 0 bridgehead atoms. The van der Waals surface area contributed by atoms with Crippen LogP contribution in [0.4, 0.5) is 0 Å². The number of nitrogens with zero attached hydrogens (tertiary/aromatic N) is 2. The van der Waals surface area contributed by atoms with Crippen LogP contribution in [0.3, 0.4) is 0 Å². The first kappa shape index (κ1) is 17.7. The Morgan fingerprint density at radius 2 is 1.79 bits per heavy atom. The largest absolute Gasteiger partial charge is 0.497 e. The lowest BCUT2D eigenvalue weighted by Crippen LogP contribution is -2.42. The lowest BCUT2D eigenvalue weighted by molar-refractivity contribution is 0.223. The molecule has 1 atom stereocenters. The second kappa shape index (κ2) is 9.50. The Hall–Kier alpha value is -2.63. The van der Waals surface area contributed by atoms with Crippen LogP contribution in [0.1, 0.15) is 6.92 Å². The zero-order valence-electron chi connectivity index (χ0n) is 14.5. The van der Waals surface area contributed by atoms with Crippen molar-refractivity contribution < 1.29 is 9.47 Å². The van der Waals surface area contributed by atoms with E-state index < -0.39 is 0 Å². The minimum Gasteiger partial charge on any atom is -0.497 e. The number of nitrogens with one attached hydrogen (secondary N) is 2. The lowest BCUT2D eigenvalue weighted by Gasteiger charge is -2.18. The van der Waals surface area contributed by atoms with Gasteiger partial charge in [-0.05, 0) is 43.3 Å². The Kier molecular flexibility index (Phi) is 7.01. The average Bonchev–Trinajstić information content (AvgIpc) is 3.12. The van der Waals surface area contributed by atoms with Crippen LogP contribution in [0.2, 0.25) is 0 Å². The summed E-state index contributed by atoms with van der Waals surface area (Å²) in [7, 11) is 3.41. The molecule has 2 N–H and O–H groups in total. The van der Waals surface area contributed by atoms with Gasteiger partial charge >= 0.3 is 0 Å². The second-order valence-corrected chi connectivity index (χ2v) is 5.40. The molecule has 2 rings (SSSR count). The van der Waals surface area contributed by atoms with Gasteiger partial charge in [0.1, 0.15) is 17.6 Å². The minimum absolute atomic E-state index is 0.0152. The summed E-state index contributed by atoms with van der Waals surface area (Å²) < 4.78 is 13.1. The fourth-order valence-corrected chi connectivity index (χ4v) is 2.21. The molecule has 130 valence electrons. The molecule has 0 saturated carbocycles. The molecule has 0 aliphatic carbocycles. The average molecular weight is 330 g/mol. The summed E-state index contributed by atoms with van der Waals surface area (Å²) in [5.41, 5.74) is 0.